The molecule has 0 amide bonds. The van der Waals surface area contributed by atoms with E-state index in [4.69, 9.17) is 5.73 Å². The minimum absolute atomic E-state index is 0.202. The molecule has 8 heteroatoms. The van der Waals surface area contributed by atoms with Gasteiger partial charge < -0.3 is 10.5 Å². The van der Waals surface area contributed by atoms with Crippen LogP contribution in [0.15, 0.2) is 24.3 Å². The summed E-state index contributed by atoms with van der Waals surface area (Å²) in [6.07, 6.45) is -15.1. The number of hydrogen-bond donors (Lipinski definition) is 1. The molecule has 0 aliphatic heterocycles. The van der Waals surface area contributed by atoms with Gasteiger partial charge in [0.2, 0.25) is 0 Å². The number of anilines is 1. The molecule has 0 saturated heterocycles. The van der Waals surface area contributed by atoms with Crippen molar-refractivity contribution in [2.24, 2.45) is 0 Å². The van der Waals surface area contributed by atoms with Gasteiger partial charge in [-0.05, 0) is 24.3 Å². The van der Waals surface area contributed by atoms with E-state index in [1.165, 1.54) is 0 Å². The number of alkyl halides is 6. The predicted molar refractivity (Wildman–Crippen MR) is 47.4 cm³/mol. The van der Waals surface area contributed by atoms with Gasteiger partial charge in [0, 0.05) is 5.69 Å². The van der Waals surface area contributed by atoms with Gasteiger partial charge in [-0.15, -0.1) is 0 Å². The van der Waals surface area contributed by atoms with Crippen LogP contribution in [0.4, 0.5) is 32.0 Å². The molecule has 17 heavy (non-hydrogen) atoms. The molecule has 1 atom stereocenters. The van der Waals surface area contributed by atoms with Crippen molar-refractivity contribution in [1.82, 2.24) is 0 Å². The van der Waals surface area contributed by atoms with E-state index >= 15 is 0 Å². The van der Waals surface area contributed by atoms with Crippen LogP contribution in [0.2, 0.25) is 0 Å². The molecule has 0 heterocycles. The number of rotatable bonds is 3. The smallest absolute Gasteiger partial charge is 0.430 e. The largest absolute Gasteiger partial charge is 0.439 e. The van der Waals surface area contributed by atoms with Crippen molar-refractivity contribution < 1.29 is 31.1 Å². The number of nitrogens with two attached hydrogens (primary N) is 1. The van der Waals surface area contributed by atoms with Crippen LogP contribution >= 0.6 is 0 Å². The van der Waals surface area contributed by atoms with Crippen molar-refractivity contribution in [3.8, 4) is 5.75 Å². The highest BCUT2D eigenvalue weighted by atomic mass is 19.4. The summed E-state index contributed by atoms with van der Waals surface area (Å²) in [4.78, 5) is 0. The van der Waals surface area contributed by atoms with Gasteiger partial charge in [0.05, 0.1) is 0 Å². The topological polar surface area (TPSA) is 35.2 Å². The molecule has 0 spiro atoms. The Hall–Kier alpha value is -1.60. The first-order valence-corrected chi connectivity index (χ1v) is 4.26. The lowest BCUT2D eigenvalue weighted by atomic mass is 10.3. The lowest BCUT2D eigenvalue weighted by Gasteiger charge is -2.23. The fourth-order valence-electron chi connectivity index (χ4n) is 0.935. The maximum absolute atomic E-state index is 12.8. The minimum Gasteiger partial charge on any atom is -0.430 e. The third kappa shape index (κ3) is 3.43. The van der Waals surface area contributed by atoms with Crippen LogP contribution in [0.25, 0.3) is 0 Å². The van der Waals surface area contributed by atoms with Crippen LogP contribution in [0.1, 0.15) is 0 Å². The van der Waals surface area contributed by atoms with Gasteiger partial charge in [-0.3, -0.25) is 0 Å². The second kappa shape index (κ2) is 4.34. The minimum atomic E-state index is -5.70. The van der Waals surface area contributed by atoms with Gasteiger partial charge in [-0.1, -0.05) is 0 Å². The lowest BCUT2D eigenvalue weighted by Crippen LogP contribution is -2.45. The van der Waals surface area contributed by atoms with E-state index in [1.54, 1.807) is 0 Å². The van der Waals surface area contributed by atoms with Crippen molar-refractivity contribution in [3.63, 3.8) is 0 Å². The zero-order valence-electron chi connectivity index (χ0n) is 8.14. The molecule has 0 aliphatic rings. The molecule has 0 aromatic heterocycles. The molecule has 0 saturated carbocycles. The normalized spacial score (nSPS) is 14.5. The first-order chi connectivity index (χ1) is 7.63. The Bertz CT molecular complexity index is 374. The molecular weight excluding hydrogens is 252 g/mol. The van der Waals surface area contributed by atoms with E-state index in [0.29, 0.717) is 0 Å². The first kappa shape index (κ1) is 13.5. The summed E-state index contributed by atoms with van der Waals surface area (Å²) in [5, 5.41) is 0. The Morgan fingerprint density at radius 1 is 1.00 bits per heavy atom. The molecule has 0 bridgehead atoms. The van der Waals surface area contributed by atoms with Gasteiger partial charge in [0.25, 0.3) is 6.17 Å². The summed E-state index contributed by atoms with van der Waals surface area (Å²) in [6, 6.07) is 4.08. The maximum atomic E-state index is 12.8. The highest BCUT2D eigenvalue weighted by Gasteiger charge is 2.59. The third-order valence-electron chi connectivity index (χ3n) is 1.72. The van der Waals surface area contributed by atoms with Gasteiger partial charge >= 0.3 is 12.3 Å². The van der Waals surface area contributed by atoms with Crippen molar-refractivity contribution >= 4 is 5.69 Å². The lowest BCUT2D eigenvalue weighted by molar-refractivity contribution is -0.304. The molecule has 0 aliphatic carbocycles. The second-order valence-electron chi connectivity index (χ2n) is 3.14. The zero-order valence-corrected chi connectivity index (χ0v) is 8.14. The fraction of sp³-hybridized carbons (Fsp3) is 0.333. The van der Waals surface area contributed by atoms with Crippen LogP contribution < -0.4 is 10.5 Å². The Balaban J connectivity index is 2.82. The standard InChI is InChI=1S/C9H7F6NO/c10-7(8(11,12)13)9(14,15)17-6-3-1-5(16)2-4-6/h1-4,7H,16H2/t7-/m1/s1. The second-order valence-corrected chi connectivity index (χ2v) is 3.14. The number of halogens is 6. The van der Waals surface area contributed by atoms with Crippen LogP contribution in [-0.2, 0) is 0 Å². The van der Waals surface area contributed by atoms with E-state index in [0.717, 1.165) is 24.3 Å². The van der Waals surface area contributed by atoms with Gasteiger partial charge in [0.15, 0.2) is 0 Å². The number of nitrogen functional groups attached to an aromatic ring is 1. The average molecular weight is 259 g/mol. The molecule has 1 aromatic carbocycles. The van der Waals surface area contributed by atoms with Crippen molar-refractivity contribution in [2.45, 2.75) is 18.5 Å². The number of ether oxygens (including phenoxy) is 1. The number of hydrogen-bond acceptors (Lipinski definition) is 2. The summed E-state index contributed by atoms with van der Waals surface area (Å²) < 4.78 is 76.9. The van der Waals surface area contributed by atoms with Crippen LogP contribution in [0.3, 0.4) is 0 Å². The van der Waals surface area contributed by atoms with Crippen LogP contribution in [-0.4, -0.2) is 18.5 Å². The summed E-state index contributed by atoms with van der Waals surface area (Å²) in [7, 11) is 0. The Morgan fingerprint density at radius 2 is 1.47 bits per heavy atom. The summed E-state index contributed by atoms with van der Waals surface area (Å²) in [5.41, 5.74) is 5.42. The third-order valence-corrected chi connectivity index (χ3v) is 1.72. The van der Waals surface area contributed by atoms with Crippen molar-refractivity contribution in [2.75, 3.05) is 5.73 Å². The van der Waals surface area contributed by atoms with Gasteiger partial charge in [-0.2, -0.15) is 22.0 Å². The molecule has 0 fully saturated rings. The molecule has 0 unspecified atom stereocenters. The highest BCUT2D eigenvalue weighted by Crippen LogP contribution is 2.36. The van der Waals surface area contributed by atoms with Crippen LogP contribution in [0.5, 0.6) is 5.75 Å². The van der Waals surface area contributed by atoms with Crippen molar-refractivity contribution in [1.29, 1.82) is 0 Å². The van der Waals surface area contributed by atoms with Gasteiger partial charge in [0.1, 0.15) is 5.75 Å². The predicted octanol–water partition coefficient (Wildman–Crippen LogP) is 3.14. The SMILES string of the molecule is Nc1ccc(OC(F)(F)[C@H](F)C(F)(F)F)cc1. The zero-order chi connectivity index (χ0) is 13.3. The quantitative estimate of drug-likeness (QED) is 0.668. The van der Waals surface area contributed by atoms with Crippen molar-refractivity contribution in [3.05, 3.63) is 24.3 Å². The summed E-state index contributed by atoms with van der Waals surface area (Å²) >= 11 is 0. The molecule has 1 aromatic rings. The maximum Gasteiger partial charge on any atom is 0.439 e. The summed E-state index contributed by atoms with van der Waals surface area (Å²) in [5.74, 6) is -0.615. The molecule has 2 N–H and O–H groups in total. The van der Waals surface area contributed by atoms with E-state index in [2.05, 4.69) is 4.74 Å². The monoisotopic (exact) mass is 259 g/mol. The summed E-state index contributed by atoms with van der Waals surface area (Å²) in [6.45, 7) is 0. The first-order valence-electron chi connectivity index (χ1n) is 4.26. The Labute approximate surface area is 92.0 Å². The molecule has 96 valence electrons. The Kier molecular flexibility index (Phi) is 3.44. The van der Waals surface area contributed by atoms with E-state index in [-0.39, 0.29) is 5.69 Å². The van der Waals surface area contributed by atoms with Crippen LogP contribution in [0, 0.1) is 0 Å². The average Bonchev–Trinajstić information content (AvgIpc) is 2.19. The molecule has 0 radical (unpaired) electrons. The van der Waals surface area contributed by atoms with Gasteiger partial charge in [-0.25, -0.2) is 4.39 Å². The molecule has 1 rings (SSSR count). The fourth-order valence-corrected chi connectivity index (χ4v) is 0.935. The molecular formula is C9H7F6NO. The molecule has 2 nitrogen and oxygen atoms in total. The van der Waals surface area contributed by atoms with E-state index in [9.17, 15) is 26.3 Å². The highest BCUT2D eigenvalue weighted by molar-refractivity contribution is 5.41. The Morgan fingerprint density at radius 3 is 1.88 bits per heavy atom. The van der Waals surface area contributed by atoms with E-state index in [1.807, 2.05) is 0 Å². The van der Waals surface area contributed by atoms with E-state index < -0.39 is 24.2 Å². The number of benzene rings is 1.